The summed E-state index contributed by atoms with van der Waals surface area (Å²) in [5.74, 6) is -0.757. The predicted molar refractivity (Wildman–Crippen MR) is 49.8 cm³/mol. The molecule has 0 aromatic heterocycles. The van der Waals surface area contributed by atoms with Crippen molar-refractivity contribution in [3.05, 3.63) is 33.4 Å². The second-order valence-corrected chi connectivity index (χ2v) is 2.77. The highest BCUT2D eigenvalue weighted by Gasteiger charge is 2.21. The number of alkyl halides is 2. The lowest BCUT2D eigenvalue weighted by atomic mass is 10.1. The highest BCUT2D eigenvalue weighted by molar-refractivity contribution is 5.81. The quantitative estimate of drug-likeness (QED) is 0.456. The van der Waals surface area contributed by atoms with Crippen LogP contribution in [0.5, 0.6) is 5.75 Å². The zero-order valence-electron chi connectivity index (χ0n) is 8.09. The summed E-state index contributed by atoms with van der Waals surface area (Å²) < 4.78 is 27.9. The van der Waals surface area contributed by atoms with Crippen molar-refractivity contribution < 1.29 is 23.2 Å². The van der Waals surface area contributed by atoms with Crippen molar-refractivity contribution in [2.45, 2.75) is 6.61 Å². The van der Waals surface area contributed by atoms with Gasteiger partial charge in [-0.25, -0.2) is 0 Å². The molecule has 88 valence electrons. The Kier molecular flexibility index (Phi) is 3.66. The molecule has 6 nitrogen and oxygen atoms in total. The van der Waals surface area contributed by atoms with E-state index in [1.165, 1.54) is 0 Å². The Hall–Kier alpha value is -2.56. The normalized spacial score (nSPS) is 9.76. The lowest BCUT2D eigenvalue weighted by Gasteiger charge is -2.06. The number of benzene rings is 1. The maximum Gasteiger partial charge on any atom is 0.387 e. The van der Waals surface area contributed by atoms with Gasteiger partial charge in [-0.1, -0.05) is 0 Å². The summed E-state index contributed by atoms with van der Waals surface area (Å²) in [5, 5.41) is 19.2. The molecule has 0 aliphatic heterocycles. The first-order valence-corrected chi connectivity index (χ1v) is 4.12. The van der Waals surface area contributed by atoms with E-state index in [9.17, 15) is 23.7 Å². The molecule has 0 fully saturated rings. The maximum absolute atomic E-state index is 12.0. The first kappa shape index (κ1) is 12.5. The molecule has 1 aromatic carbocycles. The van der Waals surface area contributed by atoms with Crippen molar-refractivity contribution in [1.29, 1.82) is 5.26 Å². The topological polar surface area (TPSA) is 93.2 Å². The van der Waals surface area contributed by atoms with Crippen LogP contribution < -0.4 is 4.74 Å². The summed E-state index contributed by atoms with van der Waals surface area (Å²) in [6.45, 7) is -3.26. The number of nitriles is 1. The van der Waals surface area contributed by atoms with Crippen molar-refractivity contribution in [3.63, 3.8) is 0 Å². The highest BCUT2D eigenvalue weighted by Crippen LogP contribution is 2.31. The Morgan fingerprint density at radius 1 is 1.53 bits per heavy atom. The molecule has 0 atom stereocenters. The Balaban J connectivity index is 3.41. The fraction of sp³-hybridized carbons (Fsp3) is 0.111. The van der Waals surface area contributed by atoms with Crippen LogP contribution in [0.4, 0.5) is 14.5 Å². The van der Waals surface area contributed by atoms with Gasteiger partial charge in [-0.3, -0.25) is 14.9 Å². The molecule has 0 saturated carbocycles. The number of nitrogens with zero attached hydrogens (tertiary/aromatic N) is 2. The number of nitro benzene ring substituents is 1. The SMILES string of the molecule is N#Cc1cc(OC(F)F)c([N+](=O)[O-])cc1C=O. The minimum absolute atomic E-state index is 0.220. The zero-order valence-corrected chi connectivity index (χ0v) is 8.09. The predicted octanol–water partition coefficient (Wildman–Crippen LogP) is 1.88. The van der Waals surface area contributed by atoms with Crippen LogP contribution in [-0.4, -0.2) is 17.8 Å². The van der Waals surface area contributed by atoms with E-state index in [1.807, 2.05) is 0 Å². The van der Waals surface area contributed by atoms with Crippen LogP contribution in [0, 0.1) is 21.4 Å². The molecule has 0 bridgehead atoms. The minimum atomic E-state index is -3.26. The van der Waals surface area contributed by atoms with Crippen molar-refractivity contribution >= 4 is 12.0 Å². The minimum Gasteiger partial charge on any atom is -0.427 e. The molecule has 0 N–H and O–H groups in total. The van der Waals surface area contributed by atoms with E-state index >= 15 is 0 Å². The van der Waals surface area contributed by atoms with Crippen LogP contribution in [0.1, 0.15) is 15.9 Å². The van der Waals surface area contributed by atoms with Crippen LogP contribution in [0.2, 0.25) is 0 Å². The van der Waals surface area contributed by atoms with Gasteiger partial charge in [0.25, 0.3) is 0 Å². The van der Waals surface area contributed by atoms with Gasteiger partial charge in [0, 0.05) is 17.7 Å². The fourth-order valence-electron chi connectivity index (χ4n) is 1.11. The van der Waals surface area contributed by atoms with Gasteiger partial charge in [0.15, 0.2) is 6.29 Å². The van der Waals surface area contributed by atoms with Gasteiger partial charge in [-0.15, -0.1) is 0 Å². The van der Waals surface area contributed by atoms with Crippen molar-refractivity contribution in [2.75, 3.05) is 0 Å². The van der Waals surface area contributed by atoms with Gasteiger partial charge in [-0.05, 0) is 0 Å². The van der Waals surface area contributed by atoms with Gasteiger partial charge in [0.1, 0.15) is 6.07 Å². The Bertz CT molecular complexity index is 510. The average molecular weight is 242 g/mol. The molecule has 0 unspecified atom stereocenters. The molecule has 0 aliphatic carbocycles. The Labute approximate surface area is 93.2 Å². The third-order valence-corrected chi connectivity index (χ3v) is 1.79. The number of aldehydes is 1. The van der Waals surface area contributed by atoms with E-state index in [2.05, 4.69) is 4.74 Å². The fourth-order valence-corrected chi connectivity index (χ4v) is 1.11. The van der Waals surface area contributed by atoms with Crippen LogP contribution in [0.25, 0.3) is 0 Å². The molecule has 0 saturated heterocycles. The summed E-state index contributed by atoms with van der Waals surface area (Å²) in [4.78, 5) is 20.1. The summed E-state index contributed by atoms with van der Waals surface area (Å²) in [7, 11) is 0. The number of ether oxygens (including phenoxy) is 1. The summed E-state index contributed by atoms with van der Waals surface area (Å²) in [5.41, 5.74) is -1.34. The van der Waals surface area contributed by atoms with E-state index in [-0.39, 0.29) is 17.4 Å². The number of rotatable bonds is 4. The van der Waals surface area contributed by atoms with Gasteiger partial charge in [0.2, 0.25) is 5.75 Å². The summed E-state index contributed by atoms with van der Waals surface area (Å²) in [6.07, 6.45) is 0.220. The molecule has 8 heteroatoms. The Morgan fingerprint density at radius 2 is 2.18 bits per heavy atom. The van der Waals surface area contributed by atoms with Crippen molar-refractivity contribution in [3.8, 4) is 11.8 Å². The largest absolute Gasteiger partial charge is 0.427 e. The number of nitro groups is 1. The van der Waals surface area contributed by atoms with Gasteiger partial charge in [-0.2, -0.15) is 14.0 Å². The molecule has 1 aromatic rings. The highest BCUT2D eigenvalue weighted by atomic mass is 19.3. The smallest absolute Gasteiger partial charge is 0.387 e. The molecule has 0 amide bonds. The molecule has 17 heavy (non-hydrogen) atoms. The van der Waals surface area contributed by atoms with Gasteiger partial charge < -0.3 is 4.74 Å². The monoisotopic (exact) mass is 242 g/mol. The summed E-state index contributed by atoms with van der Waals surface area (Å²) >= 11 is 0. The second-order valence-electron chi connectivity index (χ2n) is 2.77. The second kappa shape index (κ2) is 4.98. The van der Waals surface area contributed by atoms with Crippen LogP contribution in [-0.2, 0) is 0 Å². The lowest BCUT2D eigenvalue weighted by Crippen LogP contribution is -2.06. The van der Waals surface area contributed by atoms with Crippen LogP contribution >= 0.6 is 0 Å². The van der Waals surface area contributed by atoms with Crippen molar-refractivity contribution in [1.82, 2.24) is 0 Å². The van der Waals surface area contributed by atoms with Gasteiger partial charge >= 0.3 is 12.3 Å². The molecule has 0 heterocycles. The lowest BCUT2D eigenvalue weighted by molar-refractivity contribution is -0.386. The first-order chi connectivity index (χ1) is 7.99. The van der Waals surface area contributed by atoms with Crippen molar-refractivity contribution in [2.24, 2.45) is 0 Å². The van der Waals surface area contributed by atoms with E-state index in [1.54, 1.807) is 6.07 Å². The van der Waals surface area contributed by atoms with Crippen LogP contribution in [0.3, 0.4) is 0 Å². The Morgan fingerprint density at radius 3 is 2.59 bits per heavy atom. The average Bonchev–Trinajstić information content (AvgIpc) is 2.27. The number of halogens is 2. The van der Waals surface area contributed by atoms with E-state index in [4.69, 9.17) is 5.26 Å². The molecular formula is C9H4F2N2O4. The molecule has 1 rings (SSSR count). The maximum atomic E-state index is 12.0. The van der Waals surface area contributed by atoms with Gasteiger partial charge in [0.05, 0.1) is 10.5 Å². The van der Waals surface area contributed by atoms with Crippen LogP contribution in [0.15, 0.2) is 12.1 Å². The molecule has 0 spiro atoms. The first-order valence-electron chi connectivity index (χ1n) is 4.12. The molecule has 0 radical (unpaired) electrons. The molecule has 0 aliphatic rings. The molecular weight excluding hydrogens is 238 g/mol. The third kappa shape index (κ3) is 2.72. The summed E-state index contributed by atoms with van der Waals surface area (Å²) in [6, 6.07) is 2.99. The number of hydrogen-bond acceptors (Lipinski definition) is 5. The number of hydrogen-bond donors (Lipinski definition) is 0. The third-order valence-electron chi connectivity index (χ3n) is 1.79. The zero-order chi connectivity index (χ0) is 13.0. The van der Waals surface area contributed by atoms with E-state index in [0.29, 0.717) is 6.07 Å². The van der Waals surface area contributed by atoms with E-state index < -0.39 is 23.0 Å². The standard InChI is InChI=1S/C9H4F2N2O4/c10-9(11)17-8-2-5(3-12)6(4-14)1-7(8)13(15)16/h1-2,4,9H. The number of carbonyl (C=O) groups excluding carboxylic acids is 1. The number of carbonyl (C=O) groups is 1. The van der Waals surface area contributed by atoms with E-state index in [0.717, 1.165) is 6.07 Å².